The van der Waals surface area contributed by atoms with Crippen LogP contribution in [0, 0.1) is 0 Å². The van der Waals surface area contributed by atoms with Crippen molar-refractivity contribution >= 4 is 11.9 Å². The van der Waals surface area contributed by atoms with E-state index >= 15 is 0 Å². The van der Waals surface area contributed by atoms with Crippen molar-refractivity contribution in [3.63, 3.8) is 0 Å². The zero-order chi connectivity index (χ0) is 16.8. The molecule has 126 valence electrons. The maximum atomic E-state index is 11.7. The molecule has 24 heavy (non-hydrogen) atoms. The fourth-order valence-electron chi connectivity index (χ4n) is 2.14. The van der Waals surface area contributed by atoms with Gasteiger partial charge in [0.15, 0.2) is 17.3 Å². The molecule has 8 nitrogen and oxygen atoms in total. The Kier molecular flexibility index (Phi) is 4.85. The molecule has 0 aliphatic carbocycles. The van der Waals surface area contributed by atoms with Gasteiger partial charge in [-0.2, -0.15) is 0 Å². The minimum atomic E-state index is -0.320. The number of carbonyl (C=O) groups is 2. The van der Waals surface area contributed by atoms with E-state index in [0.29, 0.717) is 31.1 Å². The summed E-state index contributed by atoms with van der Waals surface area (Å²) in [5.41, 5.74) is 0.903. The summed E-state index contributed by atoms with van der Waals surface area (Å²) in [6.07, 6.45) is 1.43. The van der Waals surface area contributed by atoms with Gasteiger partial charge in [0.05, 0.1) is 6.26 Å². The zero-order valence-electron chi connectivity index (χ0n) is 12.8. The molecule has 1 aromatic heterocycles. The minimum absolute atomic E-state index is 0.219. The van der Waals surface area contributed by atoms with E-state index in [-0.39, 0.29) is 24.5 Å². The summed E-state index contributed by atoms with van der Waals surface area (Å²) in [6, 6.07) is 8.38. The van der Waals surface area contributed by atoms with E-state index in [1.54, 1.807) is 18.2 Å². The van der Waals surface area contributed by atoms with Gasteiger partial charge < -0.3 is 29.8 Å². The third-order valence-electron chi connectivity index (χ3n) is 3.33. The van der Waals surface area contributed by atoms with Crippen molar-refractivity contribution < 1.29 is 23.5 Å². The molecule has 0 radical (unpaired) electrons. The molecule has 0 bridgehead atoms. The summed E-state index contributed by atoms with van der Waals surface area (Å²) in [5, 5.41) is 8.02. The van der Waals surface area contributed by atoms with E-state index in [1.807, 2.05) is 12.1 Å². The van der Waals surface area contributed by atoms with Crippen molar-refractivity contribution in [1.82, 2.24) is 16.0 Å². The summed E-state index contributed by atoms with van der Waals surface area (Å²) in [4.78, 5) is 23.3. The number of benzene rings is 1. The van der Waals surface area contributed by atoms with Crippen LogP contribution in [0.3, 0.4) is 0 Å². The van der Waals surface area contributed by atoms with Gasteiger partial charge >= 0.3 is 6.03 Å². The second kappa shape index (κ2) is 7.40. The Balaban J connectivity index is 1.33. The van der Waals surface area contributed by atoms with Crippen molar-refractivity contribution in [3.05, 3.63) is 47.9 Å². The van der Waals surface area contributed by atoms with Crippen LogP contribution >= 0.6 is 0 Å². The number of ether oxygens (including phenoxy) is 2. The number of amides is 3. The lowest BCUT2D eigenvalue weighted by Gasteiger charge is -2.08. The molecular weight excluding hydrogens is 314 g/mol. The maximum Gasteiger partial charge on any atom is 0.315 e. The Morgan fingerprint density at radius 2 is 1.83 bits per heavy atom. The third-order valence-corrected chi connectivity index (χ3v) is 3.33. The predicted molar refractivity (Wildman–Crippen MR) is 83.8 cm³/mol. The van der Waals surface area contributed by atoms with Crippen molar-refractivity contribution in [1.29, 1.82) is 0 Å². The van der Waals surface area contributed by atoms with Crippen LogP contribution in [0.1, 0.15) is 16.1 Å². The first-order chi connectivity index (χ1) is 11.7. The van der Waals surface area contributed by atoms with E-state index in [0.717, 1.165) is 5.56 Å². The highest BCUT2D eigenvalue weighted by molar-refractivity contribution is 5.91. The lowest BCUT2D eigenvalue weighted by atomic mass is 10.2. The molecule has 3 amide bonds. The average Bonchev–Trinajstić information content (AvgIpc) is 3.27. The first-order valence-corrected chi connectivity index (χ1v) is 7.44. The van der Waals surface area contributed by atoms with Gasteiger partial charge in [-0.3, -0.25) is 4.79 Å². The summed E-state index contributed by atoms with van der Waals surface area (Å²) < 4.78 is 15.5. The predicted octanol–water partition coefficient (Wildman–Crippen LogP) is 1.24. The van der Waals surface area contributed by atoms with Gasteiger partial charge in [0, 0.05) is 19.6 Å². The number of nitrogens with one attached hydrogen (secondary N) is 3. The molecule has 1 aliphatic heterocycles. The maximum absolute atomic E-state index is 11.7. The van der Waals surface area contributed by atoms with Gasteiger partial charge in [0.2, 0.25) is 6.79 Å². The molecule has 1 aromatic carbocycles. The first kappa shape index (κ1) is 15.7. The lowest BCUT2D eigenvalue weighted by molar-refractivity contribution is 0.0926. The van der Waals surface area contributed by atoms with E-state index in [1.165, 1.54) is 6.26 Å². The Morgan fingerprint density at radius 1 is 1.00 bits per heavy atom. The Hall–Kier alpha value is -3.16. The summed E-state index contributed by atoms with van der Waals surface area (Å²) >= 11 is 0. The molecule has 0 fully saturated rings. The van der Waals surface area contributed by atoms with Crippen LogP contribution in [0.15, 0.2) is 41.0 Å². The molecule has 1 aliphatic rings. The molecular formula is C16H17N3O5. The second-order valence-corrected chi connectivity index (χ2v) is 5.03. The number of furan rings is 1. The van der Waals surface area contributed by atoms with Crippen molar-refractivity contribution in [3.8, 4) is 11.5 Å². The lowest BCUT2D eigenvalue weighted by Crippen LogP contribution is -2.39. The SMILES string of the molecule is O=C(NCCNC(=O)c1ccco1)NCc1ccc2c(c1)OCO2. The molecule has 2 heterocycles. The summed E-state index contributed by atoms with van der Waals surface area (Å²) in [7, 11) is 0. The number of urea groups is 1. The van der Waals surface area contributed by atoms with Gasteiger partial charge in [-0.15, -0.1) is 0 Å². The highest BCUT2D eigenvalue weighted by atomic mass is 16.7. The first-order valence-electron chi connectivity index (χ1n) is 7.44. The van der Waals surface area contributed by atoms with Crippen LogP contribution in [0.4, 0.5) is 4.79 Å². The zero-order valence-corrected chi connectivity index (χ0v) is 12.8. The molecule has 2 aromatic rings. The van der Waals surface area contributed by atoms with Crippen molar-refractivity contribution in [2.45, 2.75) is 6.54 Å². The Bertz CT molecular complexity index is 715. The van der Waals surface area contributed by atoms with Crippen molar-refractivity contribution in [2.75, 3.05) is 19.9 Å². The molecule has 0 atom stereocenters. The molecule has 0 saturated heterocycles. The van der Waals surface area contributed by atoms with Crippen LogP contribution in [-0.2, 0) is 6.54 Å². The largest absolute Gasteiger partial charge is 0.459 e. The smallest absolute Gasteiger partial charge is 0.315 e. The van der Waals surface area contributed by atoms with Gasteiger partial charge in [-0.1, -0.05) is 6.07 Å². The van der Waals surface area contributed by atoms with Crippen molar-refractivity contribution in [2.24, 2.45) is 0 Å². The number of rotatable bonds is 6. The van der Waals surface area contributed by atoms with Crippen LogP contribution in [0.5, 0.6) is 11.5 Å². The van der Waals surface area contributed by atoms with E-state index in [2.05, 4.69) is 16.0 Å². The molecule has 3 N–H and O–H groups in total. The highest BCUT2D eigenvalue weighted by Crippen LogP contribution is 2.32. The van der Waals surface area contributed by atoms with E-state index in [4.69, 9.17) is 13.9 Å². The molecule has 8 heteroatoms. The van der Waals surface area contributed by atoms with Gasteiger partial charge in [-0.05, 0) is 29.8 Å². The summed E-state index contributed by atoms with van der Waals surface area (Å²) in [6.45, 7) is 1.19. The van der Waals surface area contributed by atoms with Gasteiger partial charge in [0.25, 0.3) is 5.91 Å². The normalized spacial score (nSPS) is 11.8. The second-order valence-electron chi connectivity index (χ2n) is 5.03. The average molecular weight is 331 g/mol. The summed E-state index contributed by atoms with van der Waals surface area (Å²) in [5.74, 6) is 1.30. The Morgan fingerprint density at radius 3 is 2.67 bits per heavy atom. The Labute approximate surface area is 138 Å². The van der Waals surface area contributed by atoms with Gasteiger partial charge in [0.1, 0.15) is 0 Å². The number of hydrogen-bond acceptors (Lipinski definition) is 5. The quantitative estimate of drug-likeness (QED) is 0.691. The number of carbonyl (C=O) groups excluding carboxylic acids is 2. The van der Waals surface area contributed by atoms with Crippen LogP contribution in [0.25, 0.3) is 0 Å². The highest BCUT2D eigenvalue weighted by Gasteiger charge is 2.13. The number of hydrogen-bond donors (Lipinski definition) is 3. The van der Waals surface area contributed by atoms with Crippen LogP contribution < -0.4 is 25.4 Å². The van der Waals surface area contributed by atoms with Crippen LogP contribution in [-0.4, -0.2) is 31.8 Å². The molecule has 3 rings (SSSR count). The third kappa shape index (κ3) is 3.97. The molecule has 0 unspecified atom stereocenters. The molecule has 0 saturated carbocycles. The fraction of sp³-hybridized carbons (Fsp3) is 0.250. The van der Waals surface area contributed by atoms with Crippen LogP contribution in [0.2, 0.25) is 0 Å². The standard InChI is InChI=1S/C16H17N3O5/c20-15(13-2-1-7-22-13)17-5-6-18-16(21)19-9-11-3-4-12-14(8-11)24-10-23-12/h1-4,7-8H,5-6,9-10H2,(H,17,20)(H2,18,19,21). The van der Waals surface area contributed by atoms with Gasteiger partial charge in [-0.25, -0.2) is 4.79 Å². The minimum Gasteiger partial charge on any atom is -0.459 e. The fourth-order valence-corrected chi connectivity index (χ4v) is 2.14. The topological polar surface area (TPSA) is 102 Å². The van der Waals surface area contributed by atoms with E-state index < -0.39 is 0 Å². The molecule has 0 spiro atoms. The number of fused-ring (bicyclic) bond motifs is 1. The monoisotopic (exact) mass is 331 g/mol. The van der Waals surface area contributed by atoms with E-state index in [9.17, 15) is 9.59 Å².